The van der Waals surface area contributed by atoms with Crippen LogP contribution in [0.3, 0.4) is 0 Å². The molecular weight excluding hydrogens is 272 g/mol. The van der Waals surface area contributed by atoms with Crippen molar-refractivity contribution in [2.24, 2.45) is 11.7 Å². The van der Waals surface area contributed by atoms with Gasteiger partial charge in [-0.3, -0.25) is 0 Å². The minimum atomic E-state index is -3.39. The minimum Gasteiger partial charge on any atom is -0.324 e. The summed E-state index contributed by atoms with van der Waals surface area (Å²) in [5.74, 6) is 0.602. The van der Waals surface area contributed by atoms with Gasteiger partial charge in [-0.05, 0) is 49.8 Å². The first-order chi connectivity index (χ1) is 9.41. The molecule has 112 valence electrons. The molecule has 2 unspecified atom stereocenters. The lowest BCUT2D eigenvalue weighted by Gasteiger charge is -2.20. The van der Waals surface area contributed by atoms with E-state index in [4.69, 9.17) is 5.73 Å². The third kappa shape index (κ3) is 3.40. The molecule has 2 N–H and O–H groups in total. The molecule has 1 saturated heterocycles. The molecule has 1 aliphatic heterocycles. The van der Waals surface area contributed by atoms with Crippen molar-refractivity contribution in [2.75, 3.05) is 13.1 Å². The van der Waals surface area contributed by atoms with Crippen LogP contribution in [-0.4, -0.2) is 25.8 Å². The molecule has 2 atom stereocenters. The van der Waals surface area contributed by atoms with E-state index in [0.717, 1.165) is 24.8 Å². The monoisotopic (exact) mass is 296 g/mol. The summed E-state index contributed by atoms with van der Waals surface area (Å²) in [5, 5.41) is 0. The van der Waals surface area contributed by atoms with Gasteiger partial charge in [0.25, 0.3) is 0 Å². The van der Waals surface area contributed by atoms with Crippen LogP contribution in [0, 0.1) is 5.92 Å². The number of sulfonamides is 1. The SMILES string of the molecule is CC1CCCN(S(=O)(=O)c2cccc(C(C)N)c2)CC1. The van der Waals surface area contributed by atoms with Crippen molar-refractivity contribution in [3.8, 4) is 0 Å². The fourth-order valence-corrected chi connectivity index (χ4v) is 4.13. The molecule has 20 heavy (non-hydrogen) atoms. The third-order valence-electron chi connectivity index (χ3n) is 4.00. The van der Waals surface area contributed by atoms with Crippen molar-refractivity contribution >= 4 is 10.0 Å². The molecule has 0 amide bonds. The van der Waals surface area contributed by atoms with E-state index >= 15 is 0 Å². The Morgan fingerprint density at radius 3 is 2.75 bits per heavy atom. The molecule has 1 heterocycles. The van der Waals surface area contributed by atoms with Crippen molar-refractivity contribution in [2.45, 2.75) is 44.0 Å². The van der Waals surface area contributed by atoms with E-state index in [1.54, 1.807) is 22.5 Å². The second-order valence-electron chi connectivity index (χ2n) is 5.80. The molecule has 1 aromatic carbocycles. The summed E-state index contributed by atoms with van der Waals surface area (Å²) in [6.45, 7) is 5.28. The molecule has 1 fully saturated rings. The summed E-state index contributed by atoms with van der Waals surface area (Å²) in [7, 11) is -3.39. The highest BCUT2D eigenvalue weighted by atomic mass is 32.2. The largest absolute Gasteiger partial charge is 0.324 e. The highest BCUT2D eigenvalue weighted by Crippen LogP contribution is 2.24. The molecule has 0 radical (unpaired) electrons. The van der Waals surface area contributed by atoms with Gasteiger partial charge in [0.05, 0.1) is 4.90 Å². The number of nitrogens with two attached hydrogens (primary N) is 1. The molecule has 4 nitrogen and oxygen atoms in total. The van der Waals surface area contributed by atoms with Gasteiger partial charge in [-0.15, -0.1) is 0 Å². The molecular formula is C15H24N2O2S. The van der Waals surface area contributed by atoms with Crippen LogP contribution < -0.4 is 5.73 Å². The zero-order valence-electron chi connectivity index (χ0n) is 12.2. The van der Waals surface area contributed by atoms with Crippen molar-refractivity contribution < 1.29 is 8.42 Å². The summed E-state index contributed by atoms with van der Waals surface area (Å²) in [6, 6.07) is 6.85. The van der Waals surface area contributed by atoms with Gasteiger partial charge in [-0.2, -0.15) is 4.31 Å². The lowest BCUT2D eigenvalue weighted by atomic mass is 10.0. The molecule has 0 aromatic heterocycles. The quantitative estimate of drug-likeness (QED) is 0.932. The number of nitrogens with zero attached hydrogens (tertiary/aromatic N) is 1. The Kier molecular flexibility index (Phi) is 4.83. The summed E-state index contributed by atoms with van der Waals surface area (Å²) in [6.07, 6.45) is 2.98. The molecule has 2 rings (SSSR count). The Labute approximate surface area is 122 Å². The first-order valence-corrected chi connectivity index (χ1v) is 8.71. The van der Waals surface area contributed by atoms with Crippen LogP contribution in [-0.2, 0) is 10.0 Å². The Bertz CT molecular complexity index is 555. The van der Waals surface area contributed by atoms with Gasteiger partial charge >= 0.3 is 0 Å². The van der Waals surface area contributed by atoms with E-state index < -0.39 is 10.0 Å². The molecule has 1 aromatic rings. The number of hydrogen-bond donors (Lipinski definition) is 1. The zero-order chi connectivity index (χ0) is 14.8. The van der Waals surface area contributed by atoms with Crippen LogP contribution in [0.4, 0.5) is 0 Å². The first kappa shape index (κ1) is 15.5. The Morgan fingerprint density at radius 2 is 2.05 bits per heavy atom. The predicted octanol–water partition coefficient (Wildman–Crippen LogP) is 2.52. The Morgan fingerprint density at radius 1 is 1.30 bits per heavy atom. The van der Waals surface area contributed by atoms with Crippen molar-refractivity contribution in [1.29, 1.82) is 0 Å². The highest BCUT2D eigenvalue weighted by molar-refractivity contribution is 7.89. The molecule has 0 saturated carbocycles. The maximum Gasteiger partial charge on any atom is 0.243 e. The summed E-state index contributed by atoms with van der Waals surface area (Å²) in [5.41, 5.74) is 6.69. The lowest BCUT2D eigenvalue weighted by Crippen LogP contribution is -2.32. The maximum atomic E-state index is 12.7. The average Bonchev–Trinajstić information content (AvgIpc) is 2.64. The molecule has 5 heteroatoms. The lowest BCUT2D eigenvalue weighted by molar-refractivity contribution is 0.416. The number of benzene rings is 1. The first-order valence-electron chi connectivity index (χ1n) is 7.27. The van der Waals surface area contributed by atoms with Crippen LogP contribution in [0.15, 0.2) is 29.2 Å². The summed E-state index contributed by atoms with van der Waals surface area (Å²) in [4.78, 5) is 0.363. The fourth-order valence-electron chi connectivity index (χ4n) is 2.58. The van der Waals surface area contributed by atoms with Gasteiger partial charge in [0.1, 0.15) is 0 Å². The van der Waals surface area contributed by atoms with Crippen LogP contribution in [0.1, 0.15) is 44.7 Å². The third-order valence-corrected chi connectivity index (χ3v) is 5.89. The second-order valence-corrected chi connectivity index (χ2v) is 7.74. The van der Waals surface area contributed by atoms with Gasteiger partial charge in [0.15, 0.2) is 0 Å². The predicted molar refractivity (Wildman–Crippen MR) is 80.8 cm³/mol. The van der Waals surface area contributed by atoms with Crippen molar-refractivity contribution in [3.05, 3.63) is 29.8 Å². The molecule has 0 spiro atoms. The van der Waals surface area contributed by atoms with Crippen LogP contribution in [0.2, 0.25) is 0 Å². The van der Waals surface area contributed by atoms with Crippen molar-refractivity contribution in [1.82, 2.24) is 4.31 Å². The average molecular weight is 296 g/mol. The Balaban J connectivity index is 2.27. The molecule has 1 aliphatic rings. The second kappa shape index (κ2) is 6.24. The van der Waals surface area contributed by atoms with E-state index in [1.165, 1.54) is 0 Å². The highest BCUT2D eigenvalue weighted by Gasteiger charge is 2.26. The van der Waals surface area contributed by atoms with Crippen LogP contribution >= 0.6 is 0 Å². The number of rotatable bonds is 3. The molecule has 0 aliphatic carbocycles. The van der Waals surface area contributed by atoms with Crippen LogP contribution in [0.25, 0.3) is 0 Å². The fraction of sp³-hybridized carbons (Fsp3) is 0.600. The van der Waals surface area contributed by atoms with E-state index in [1.807, 2.05) is 13.0 Å². The van der Waals surface area contributed by atoms with E-state index in [-0.39, 0.29) is 6.04 Å². The summed E-state index contributed by atoms with van der Waals surface area (Å²) >= 11 is 0. The normalized spacial score (nSPS) is 23.2. The van der Waals surface area contributed by atoms with Gasteiger partial charge in [0.2, 0.25) is 10.0 Å². The van der Waals surface area contributed by atoms with Gasteiger partial charge < -0.3 is 5.73 Å². The van der Waals surface area contributed by atoms with E-state index in [2.05, 4.69) is 6.92 Å². The maximum absolute atomic E-state index is 12.7. The molecule has 0 bridgehead atoms. The summed E-state index contributed by atoms with van der Waals surface area (Å²) < 4.78 is 27.0. The zero-order valence-corrected chi connectivity index (χ0v) is 13.1. The van der Waals surface area contributed by atoms with Gasteiger partial charge in [0, 0.05) is 19.1 Å². The Hall–Kier alpha value is -0.910. The van der Waals surface area contributed by atoms with E-state index in [0.29, 0.717) is 23.9 Å². The van der Waals surface area contributed by atoms with E-state index in [9.17, 15) is 8.42 Å². The number of hydrogen-bond acceptors (Lipinski definition) is 3. The topological polar surface area (TPSA) is 63.4 Å². The smallest absolute Gasteiger partial charge is 0.243 e. The van der Waals surface area contributed by atoms with Gasteiger partial charge in [-0.1, -0.05) is 19.1 Å². The van der Waals surface area contributed by atoms with Crippen molar-refractivity contribution in [3.63, 3.8) is 0 Å². The minimum absolute atomic E-state index is 0.158. The standard InChI is InChI=1S/C15H24N2O2S/c1-12-5-4-9-17(10-8-12)20(18,19)15-7-3-6-14(11-15)13(2)16/h3,6-7,11-13H,4-5,8-10,16H2,1-2H3. The van der Waals surface area contributed by atoms with Gasteiger partial charge in [-0.25, -0.2) is 8.42 Å². The van der Waals surface area contributed by atoms with Crippen LogP contribution in [0.5, 0.6) is 0 Å².